The van der Waals surface area contributed by atoms with Crippen molar-refractivity contribution in [2.75, 3.05) is 39.5 Å². The highest BCUT2D eigenvalue weighted by molar-refractivity contribution is 14.0. The summed E-state index contributed by atoms with van der Waals surface area (Å²) in [5.74, 6) is 3.11. The van der Waals surface area contributed by atoms with E-state index in [0.29, 0.717) is 4.75 Å². The summed E-state index contributed by atoms with van der Waals surface area (Å²) in [4.78, 5) is 6.80. The lowest BCUT2D eigenvalue weighted by atomic mass is 10.1. The molecule has 1 aromatic rings. The first-order valence-corrected chi connectivity index (χ1v) is 8.76. The van der Waals surface area contributed by atoms with Crippen molar-refractivity contribution in [1.29, 1.82) is 0 Å². The predicted molar refractivity (Wildman–Crippen MR) is 112 cm³/mol. The number of hydrogen-bond donors (Lipinski definition) is 1. The van der Waals surface area contributed by atoms with Crippen LogP contribution in [0.25, 0.3) is 0 Å². The molecule has 0 saturated carbocycles. The van der Waals surface area contributed by atoms with E-state index in [-0.39, 0.29) is 24.0 Å². The van der Waals surface area contributed by atoms with Gasteiger partial charge in [0.25, 0.3) is 0 Å². The molecule has 0 radical (unpaired) electrons. The number of guanidine groups is 1. The van der Waals surface area contributed by atoms with E-state index in [2.05, 4.69) is 41.2 Å². The van der Waals surface area contributed by atoms with Crippen LogP contribution in [-0.4, -0.2) is 55.2 Å². The fourth-order valence-electron chi connectivity index (χ4n) is 2.75. The molecule has 23 heavy (non-hydrogen) atoms. The zero-order chi connectivity index (χ0) is 16.0. The first-order chi connectivity index (χ1) is 10.6. The first kappa shape index (κ1) is 20.4. The molecule has 6 heteroatoms. The summed E-state index contributed by atoms with van der Waals surface area (Å²) in [5.41, 5.74) is 1.22. The monoisotopic (exact) mass is 449 g/mol. The highest BCUT2D eigenvalue weighted by atomic mass is 127. The van der Waals surface area contributed by atoms with Crippen molar-refractivity contribution in [3.63, 3.8) is 0 Å². The topological polar surface area (TPSA) is 36.9 Å². The lowest BCUT2D eigenvalue weighted by Crippen LogP contribution is -2.51. The van der Waals surface area contributed by atoms with Gasteiger partial charge in [0.1, 0.15) is 5.75 Å². The number of rotatable bonds is 4. The average Bonchev–Trinajstić information content (AvgIpc) is 2.51. The van der Waals surface area contributed by atoms with Gasteiger partial charge < -0.3 is 15.0 Å². The number of ether oxygens (including phenoxy) is 1. The van der Waals surface area contributed by atoms with E-state index >= 15 is 0 Å². The summed E-state index contributed by atoms with van der Waals surface area (Å²) in [6, 6.07) is 8.18. The number of halogens is 1. The zero-order valence-corrected chi connectivity index (χ0v) is 17.6. The number of hydrogen-bond acceptors (Lipinski definition) is 3. The third-order valence-corrected chi connectivity index (χ3v) is 5.10. The largest absolute Gasteiger partial charge is 0.496 e. The molecule has 4 nitrogen and oxygen atoms in total. The Morgan fingerprint density at radius 1 is 1.39 bits per heavy atom. The molecule has 1 aromatic carbocycles. The van der Waals surface area contributed by atoms with Crippen molar-refractivity contribution in [2.24, 2.45) is 4.99 Å². The number of nitrogens with one attached hydrogen (secondary N) is 1. The van der Waals surface area contributed by atoms with Crippen molar-refractivity contribution in [2.45, 2.75) is 25.0 Å². The Balaban J connectivity index is 0.00000264. The van der Waals surface area contributed by atoms with Gasteiger partial charge in [-0.25, -0.2) is 0 Å². The molecule has 1 N–H and O–H groups in total. The van der Waals surface area contributed by atoms with Crippen molar-refractivity contribution in [3.05, 3.63) is 29.8 Å². The molecular formula is C17H28IN3OS. The minimum atomic E-state index is 0. The molecule has 0 unspecified atom stereocenters. The highest BCUT2D eigenvalue weighted by Gasteiger charge is 2.28. The van der Waals surface area contributed by atoms with Crippen molar-refractivity contribution in [1.82, 2.24) is 10.2 Å². The van der Waals surface area contributed by atoms with Crippen LogP contribution in [0.5, 0.6) is 5.75 Å². The molecule has 2 rings (SSSR count). The van der Waals surface area contributed by atoms with E-state index in [4.69, 9.17) is 4.74 Å². The molecule has 0 amide bonds. The lowest BCUT2D eigenvalue weighted by Gasteiger charge is -2.39. The van der Waals surface area contributed by atoms with Crippen LogP contribution in [-0.2, 0) is 6.42 Å². The van der Waals surface area contributed by atoms with Crippen molar-refractivity contribution in [3.8, 4) is 5.75 Å². The summed E-state index contributed by atoms with van der Waals surface area (Å²) in [5, 5.41) is 3.49. The quantitative estimate of drug-likeness (QED) is 0.435. The van der Waals surface area contributed by atoms with Crippen LogP contribution in [0.4, 0.5) is 0 Å². The smallest absolute Gasteiger partial charge is 0.193 e. The molecule has 0 spiro atoms. The maximum absolute atomic E-state index is 5.40. The number of methoxy groups -OCH3 is 1. The van der Waals surface area contributed by atoms with Gasteiger partial charge in [-0.1, -0.05) is 18.2 Å². The SMILES string of the molecule is CN=C(NCCc1ccccc1OC)N1CCSC(C)(C)C1.I. The summed E-state index contributed by atoms with van der Waals surface area (Å²) < 4.78 is 5.69. The van der Waals surface area contributed by atoms with Crippen LogP contribution in [0.15, 0.2) is 29.3 Å². The van der Waals surface area contributed by atoms with E-state index < -0.39 is 0 Å². The average molecular weight is 449 g/mol. The second kappa shape index (κ2) is 9.61. The Morgan fingerprint density at radius 3 is 2.78 bits per heavy atom. The number of benzene rings is 1. The Hall–Kier alpha value is -0.630. The van der Waals surface area contributed by atoms with Crippen molar-refractivity contribution >= 4 is 41.7 Å². The third kappa shape index (κ3) is 6.06. The molecule has 1 fully saturated rings. The van der Waals surface area contributed by atoms with E-state index in [1.807, 2.05) is 30.9 Å². The zero-order valence-electron chi connectivity index (χ0n) is 14.5. The van der Waals surface area contributed by atoms with Gasteiger partial charge in [-0.2, -0.15) is 11.8 Å². The lowest BCUT2D eigenvalue weighted by molar-refractivity contribution is 0.376. The molecule has 0 aliphatic carbocycles. The molecule has 130 valence electrons. The first-order valence-electron chi connectivity index (χ1n) is 7.77. The van der Waals surface area contributed by atoms with Gasteiger partial charge in [0.15, 0.2) is 5.96 Å². The molecule has 1 saturated heterocycles. The summed E-state index contributed by atoms with van der Waals surface area (Å²) in [6.45, 7) is 7.55. The molecular weight excluding hydrogens is 421 g/mol. The Kier molecular flexibility index (Phi) is 8.53. The molecule has 1 aliphatic rings. The maximum Gasteiger partial charge on any atom is 0.193 e. The fraction of sp³-hybridized carbons (Fsp3) is 0.588. The van der Waals surface area contributed by atoms with Crippen LogP contribution in [0.2, 0.25) is 0 Å². The second-order valence-electron chi connectivity index (χ2n) is 6.07. The minimum Gasteiger partial charge on any atom is -0.496 e. The summed E-state index contributed by atoms with van der Waals surface area (Å²) in [6.07, 6.45) is 0.926. The predicted octanol–water partition coefficient (Wildman–Crippen LogP) is 3.26. The standard InChI is InChI=1S/C17H27N3OS.HI/c1-17(2)13-20(11-12-22-17)16(18-3)19-10-9-14-7-5-6-8-15(14)21-4;/h5-8H,9-13H2,1-4H3,(H,18,19);1H. The summed E-state index contributed by atoms with van der Waals surface area (Å²) >= 11 is 2.04. The van der Waals surface area contributed by atoms with Gasteiger partial charge in [0.2, 0.25) is 0 Å². The van der Waals surface area contributed by atoms with E-state index in [0.717, 1.165) is 43.5 Å². The Morgan fingerprint density at radius 2 is 2.13 bits per heavy atom. The molecule has 1 aliphatic heterocycles. The minimum absolute atomic E-state index is 0. The van der Waals surface area contributed by atoms with E-state index in [1.165, 1.54) is 5.56 Å². The van der Waals surface area contributed by atoms with Crippen molar-refractivity contribution < 1.29 is 4.74 Å². The number of nitrogens with zero attached hydrogens (tertiary/aromatic N) is 2. The molecule has 0 atom stereocenters. The molecule has 0 aromatic heterocycles. The highest BCUT2D eigenvalue weighted by Crippen LogP contribution is 2.29. The normalized spacial score (nSPS) is 17.4. The summed E-state index contributed by atoms with van der Waals surface area (Å²) in [7, 11) is 3.58. The van der Waals surface area contributed by atoms with Crippen LogP contribution in [0.3, 0.4) is 0 Å². The molecule has 0 bridgehead atoms. The maximum atomic E-state index is 5.40. The van der Waals surface area contributed by atoms with Gasteiger partial charge in [-0.15, -0.1) is 24.0 Å². The number of thioether (sulfide) groups is 1. The number of aliphatic imine (C=N–C) groups is 1. The van der Waals surface area contributed by atoms with E-state index in [9.17, 15) is 0 Å². The van der Waals surface area contributed by atoms with Gasteiger partial charge in [-0.05, 0) is 31.9 Å². The second-order valence-corrected chi connectivity index (χ2v) is 7.87. The van der Waals surface area contributed by atoms with Gasteiger partial charge in [-0.3, -0.25) is 4.99 Å². The van der Waals surface area contributed by atoms with E-state index in [1.54, 1.807) is 7.11 Å². The fourth-order valence-corrected chi connectivity index (χ4v) is 3.86. The van der Waals surface area contributed by atoms with Gasteiger partial charge >= 0.3 is 0 Å². The van der Waals surface area contributed by atoms with Gasteiger partial charge in [0.05, 0.1) is 7.11 Å². The van der Waals surface area contributed by atoms with Gasteiger partial charge in [0, 0.05) is 37.2 Å². The third-order valence-electron chi connectivity index (χ3n) is 3.81. The van der Waals surface area contributed by atoms with Crippen LogP contribution >= 0.6 is 35.7 Å². The number of para-hydroxylation sites is 1. The Labute approximate surface area is 161 Å². The molecule has 1 heterocycles. The van der Waals surface area contributed by atoms with Crippen LogP contribution in [0.1, 0.15) is 19.4 Å². The van der Waals surface area contributed by atoms with Crippen LogP contribution < -0.4 is 10.1 Å². The van der Waals surface area contributed by atoms with Crippen LogP contribution in [0, 0.1) is 0 Å². The Bertz CT molecular complexity index is 522.